The molecule has 2 heteroatoms. The van der Waals surface area contributed by atoms with Gasteiger partial charge in [0.1, 0.15) is 0 Å². The molecule has 1 heterocycles. The van der Waals surface area contributed by atoms with Gasteiger partial charge in [0.05, 0.1) is 5.41 Å². The highest BCUT2D eigenvalue weighted by Gasteiger charge is 2.50. The van der Waals surface area contributed by atoms with Crippen molar-refractivity contribution in [3.8, 4) is 0 Å². The Labute approximate surface area is 97.1 Å². The van der Waals surface area contributed by atoms with Crippen LogP contribution >= 0.6 is 0 Å². The molecule has 2 rings (SSSR count). The Morgan fingerprint density at radius 1 is 1.06 bits per heavy atom. The van der Waals surface area contributed by atoms with Crippen molar-refractivity contribution in [1.82, 2.24) is 0 Å². The average molecular weight is 217 g/mol. The van der Waals surface area contributed by atoms with Crippen LogP contribution in [-0.2, 0) is 10.2 Å². The smallest absolute Gasteiger partial charge is 0.235 e. The first-order valence-corrected chi connectivity index (χ1v) is 5.92. The van der Waals surface area contributed by atoms with Crippen LogP contribution in [0.3, 0.4) is 0 Å². The van der Waals surface area contributed by atoms with Crippen LogP contribution in [0, 0.1) is 11.8 Å². The minimum Gasteiger partial charge on any atom is -0.325 e. The van der Waals surface area contributed by atoms with Crippen LogP contribution in [0.4, 0.5) is 5.69 Å². The number of benzene rings is 1. The molecule has 0 fully saturated rings. The van der Waals surface area contributed by atoms with Crippen molar-refractivity contribution >= 4 is 11.6 Å². The highest BCUT2D eigenvalue weighted by molar-refractivity contribution is 6.06. The summed E-state index contributed by atoms with van der Waals surface area (Å²) < 4.78 is 0. The lowest BCUT2D eigenvalue weighted by molar-refractivity contribution is -0.124. The van der Waals surface area contributed by atoms with Gasteiger partial charge < -0.3 is 5.32 Å². The molecule has 1 aromatic carbocycles. The van der Waals surface area contributed by atoms with E-state index in [1.54, 1.807) is 0 Å². The van der Waals surface area contributed by atoms with Gasteiger partial charge in [0.2, 0.25) is 5.91 Å². The van der Waals surface area contributed by atoms with Crippen LogP contribution in [0.25, 0.3) is 0 Å². The molecule has 0 spiro atoms. The largest absolute Gasteiger partial charge is 0.325 e. The monoisotopic (exact) mass is 217 g/mol. The maximum absolute atomic E-state index is 12.3. The van der Waals surface area contributed by atoms with E-state index in [1.807, 2.05) is 18.2 Å². The molecule has 16 heavy (non-hydrogen) atoms. The van der Waals surface area contributed by atoms with E-state index in [9.17, 15) is 4.79 Å². The number of amides is 1. The number of rotatable bonds is 2. The molecule has 1 aliphatic rings. The lowest BCUT2D eigenvalue weighted by Crippen LogP contribution is -2.44. The average Bonchev–Trinajstić information content (AvgIpc) is 2.50. The molecule has 0 radical (unpaired) electrons. The molecular weight excluding hydrogens is 198 g/mol. The first-order chi connectivity index (χ1) is 7.51. The van der Waals surface area contributed by atoms with E-state index < -0.39 is 0 Å². The predicted octanol–water partition coefficient (Wildman–Crippen LogP) is 3.19. The Hall–Kier alpha value is -1.31. The lowest BCUT2D eigenvalue weighted by atomic mass is 9.65. The van der Waals surface area contributed by atoms with Crippen LogP contribution in [0.1, 0.15) is 33.3 Å². The van der Waals surface area contributed by atoms with E-state index in [-0.39, 0.29) is 11.3 Å². The highest BCUT2D eigenvalue weighted by Crippen LogP contribution is 2.47. The van der Waals surface area contributed by atoms with Gasteiger partial charge in [-0.3, -0.25) is 4.79 Å². The summed E-state index contributed by atoms with van der Waals surface area (Å²) in [4.78, 5) is 12.3. The summed E-state index contributed by atoms with van der Waals surface area (Å²) in [5, 5.41) is 3.01. The summed E-state index contributed by atoms with van der Waals surface area (Å²) in [6.45, 7) is 8.51. The van der Waals surface area contributed by atoms with E-state index in [1.165, 1.54) is 0 Å². The number of nitrogens with one attached hydrogen (secondary N) is 1. The summed E-state index contributed by atoms with van der Waals surface area (Å²) in [6, 6.07) is 8.04. The number of carbonyl (C=O) groups is 1. The van der Waals surface area contributed by atoms with Crippen molar-refractivity contribution in [2.24, 2.45) is 11.8 Å². The summed E-state index contributed by atoms with van der Waals surface area (Å²) in [5.41, 5.74) is 1.77. The molecule has 1 amide bonds. The van der Waals surface area contributed by atoms with Crippen LogP contribution < -0.4 is 5.32 Å². The SMILES string of the molecule is CC(C)C1(C(C)C)C(=O)Nc2ccccc21. The maximum Gasteiger partial charge on any atom is 0.235 e. The summed E-state index contributed by atoms with van der Waals surface area (Å²) in [5.74, 6) is 0.756. The van der Waals surface area contributed by atoms with Crippen molar-refractivity contribution in [2.75, 3.05) is 5.32 Å². The zero-order valence-electron chi connectivity index (χ0n) is 10.4. The van der Waals surface area contributed by atoms with Gasteiger partial charge >= 0.3 is 0 Å². The second kappa shape index (κ2) is 3.62. The zero-order chi connectivity index (χ0) is 11.9. The van der Waals surface area contributed by atoms with Gasteiger partial charge in [0, 0.05) is 5.69 Å². The fraction of sp³-hybridized carbons (Fsp3) is 0.500. The van der Waals surface area contributed by atoms with Crippen molar-refractivity contribution in [3.05, 3.63) is 29.8 Å². The molecule has 0 aromatic heterocycles. The number of anilines is 1. The van der Waals surface area contributed by atoms with Crippen molar-refractivity contribution in [1.29, 1.82) is 0 Å². The molecular formula is C14H19NO. The van der Waals surface area contributed by atoms with E-state index in [0.29, 0.717) is 11.8 Å². The zero-order valence-corrected chi connectivity index (χ0v) is 10.4. The normalized spacial score (nSPS) is 17.8. The molecule has 1 aromatic rings. The minimum absolute atomic E-state index is 0.152. The molecule has 0 atom stereocenters. The predicted molar refractivity (Wildman–Crippen MR) is 66.4 cm³/mol. The third kappa shape index (κ3) is 1.22. The number of fused-ring (bicyclic) bond motifs is 1. The van der Waals surface area contributed by atoms with Crippen molar-refractivity contribution in [3.63, 3.8) is 0 Å². The Morgan fingerprint density at radius 3 is 2.19 bits per heavy atom. The Kier molecular flexibility index (Phi) is 2.53. The molecule has 0 bridgehead atoms. The highest BCUT2D eigenvalue weighted by atomic mass is 16.2. The van der Waals surface area contributed by atoms with Gasteiger partial charge in [0.25, 0.3) is 0 Å². The van der Waals surface area contributed by atoms with Crippen LogP contribution in [-0.4, -0.2) is 5.91 Å². The summed E-state index contributed by atoms with van der Waals surface area (Å²) in [6.07, 6.45) is 0. The standard InChI is InChI=1S/C14H19NO/c1-9(2)14(10(3)4)11-7-5-6-8-12(11)15-13(14)16/h5-10H,1-4H3,(H,15,16). The molecule has 0 unspecified atom stereocenters. The summed E-state index contributed by atoms with van der Waals surface area (Å²) >= 11 is 0. The van der Waals surface area contributed by atoms with Gasteiger partial charge in [-0.15, -0.1) is 0 Å². The number of para-hydroxylation sites is 1. The van der Waals surface area contributed by atoms with Gasteiger partial charge in [-0.2, -0.15) is 0 Å². The third-order valence-electron chi connectivity index (χ3n) is 3.82. The molecule has 0 saturated heterocycles. The van der Waals surface area contributed by atoms with Gasteiger partial charge in [-0.1, -0.05) is 45.9 Å². The molecule has 0 aliphatic carbocycles. The van der Waals surface area contributed by atoms with E-state index in [2.05, 4.69) is 39.1 Å². The molecule has 0 saturated carbocycles. The fourth-order valence-electron chi connectivity index (χ4n) is 3.11. The topological polar surface area (TPSA) is 29.1 Å². The molecule has 2 nitrogen and oxygen atoms in total. The third-order valence-corrected chi connectivity index (χ3v) is 3.82. The fourth-order valence-corrected chi connectivity index (χ4v) is 3.11. The molecule has 1 N–H and O–H groups in total. The van der Waals surface area contributed by atoms with Gasteiger partial charge in [-0.05, 0) is 23.5 Å². The van der Waals surface area contributed by atoms with Gasteiger partial charge in [-0.25, -0.2) is 0 Å². The lowest BCUT2D eigenvalue weighted by Gasteiger charge is -2.35. The number of carbonyl (C=O) groups excluding carboxylic acids is 1. The molecule has 86 valence electrons. The number of hydrogen-bond donors (Lipinski definition) is 1. The van der Waals surface area contributed by atoms with Crippen molar-refractivity contribution < 1.29 is 4.79 Å². The Morgan fingerprint density at radius 2 is 1.62 bits per heavy atom. The quantitative estimate of drug-likeness (QED) is 0.810. The van der Waals surface area contributed by atoms with Crippen LogP contribution in [0.5, 0.6) is 0 Å². The Bertz CT molecular complexity index is 412. The minimum atomic E-state index is -0.364. The first kappa shape index (κ1) is 11.2. The number of hydrogen-bond acceptors (Lipinski definition) is 1. The van der Waals surface area contributed by atoms with E-state index >= 15 is 0 Å². The molecule has 1 aliphatic heterocycles. The van der Waals surface area contributed by atoms with Crippen LogP contribution in [0.2, 0.25) is 0 Å². The van der Waals surface area contributed by atoms with Crippen molar-refractivity contribution in [2.45, 2.75) is 33.1 Å². The second-order valence-electron chi connectivity index (χ2n) is 5.18. The maximum atomic E-state index is 12.3. The van der Waals surface area contributed by atoms with E-state index in [0.717, 1.165) is 11.3 Å². The van der Waals surface area contributed by atoms with Gasteiger partial charge in [0.15, 0.2) is 0 Å². The summed E-state index contributed by atoms with van der Waals surface area (Å²) in [7, 11) is 0. The van der Waals surface area contributed by atoms with Crippen LogP contribution in [0.15, 0.2) is 24.3 Å². The van der Waals surface area contributed by atoms with E-state index in [4.69, 9.17) is 0 Å². The Balaban J connectivity index is 2.67. The first-order valence-electron chi connectivity index (χ1n) is 5.92. The second-order valence-corrected chi connectivity index (χ2v) is 5.18.